The molecule has 0 radical (unpaired) electrons. The predicted octanol–water partition coefficient (Wildman–Crippen LogP) is 3.56. The van der Waals surface area contributed by atoms with Crippen LogP contribution < -0.4 is 15.8 Å². The van der Waals surface area contributed by atoms with Crippen LogP contribution in [0.25, 0.3) is 0 Å². The lowest BCUT2D eigenvalue weighted by molar-refractivity contribution is 0.168. The molecule has 6 heteroatoms. The summed E-state index contributed by atoms with van der Waals surface area (Å²) >= 11 is 0. The van der Waals surface area contributed by atoms with Crippen LogP contribution in [0.1, 0.15) is 12.5 Å². The molecule has 0 saturated carbocycles. The number of benzene rings is 2. The Morgan fingerprint density at radius 1 is 1.27 bits per heavy atom. The van der Waals surface area contributed by atoms with Gasteiger partial charge >= 0.3 is 6.09 Å². The molecular formula is C16H17FN2O3. The third-order valence-corrected chi connectivity index (χ3v) is 2.89. The number of halogens is 1. The van der Waals surface area contributed by atoms with Crippen molar-refractivity contribution in [2.75, 3.05) is 17.7 Å². The van der Waals surface area contributed by atoms with E-state index >= 15 is 0 Å². The summed E-state index contributed by atoms with van der Waals surface area (Å²) in [5, 5.41) is 2.52. The van der Waals surface area contributed by atoms with Crippen molar-refractivity contribution in [3.63, 3.8) is 0 Å². The summed E-state index contributed by atoms with van der Waals surface area (Å²) < 4.78 is 23.8. The lowest BCUT2D eigenvalue weighted by atomic mass is 10.2. The molecule has 0 spiro atoms. The van der Waals surface area contributed by atoms with Crippen molar-refractivity contribution in [3.8, 4) is 5.75 Å². The molecule has 2 rings (SSSR count). The van der Waals surface area contributed by atoms with E-state index in [1.807, 2.05) is 0 Å². The van der Waals surface area contributed by atoms with Crippen molar-refractivity contribution < 1.29 is 18.7 Å². The third-order valence-electron chi connectivity index (χ3n) is 2.89. The average Bonchev–Trinajstić information content (AvgIpc) is 2.49. The van der Waals surface area contributed by atoms with Gasteiger partial charge < -0.3 is 15.2 Å². The summed E-state index contributed by atoms with van der Waals surface area (Å²) in [7, 11) is 0. The Hall–Kier alpha value is -2.76. The van der Waals surface area contributed by atoms with Crippen LogP contribution in [0.2, 0.25) is 0 Å². The number of carbonyl (C=O) groups is 1. The molecule has 22 heavy (non-hydrogen) atoms. The molecule has 0 heterocycles. The van der Waals surface area contributed by atoms with Crippen molar-refractivity contribution in [2.45, 2.75) is 13.5 Å². The van der Waals surface area contributed by atoms with Gasteiger partial charge in [-0.1, -0.05) is 18.2 Å². The minimum atomic E-state index is -0.575. The van der Waals surface area contributed by atoms with Gasteiger partial charge in [0.05, 0.1) is 18.0 Å². The van der Waals surface area contributed by atoms with Gasteiger partial charge in [0.25, 0.3) is 0 Å². The van der Waals surface area contributed by atoms with E-state index in [1.165, 1.54) is 6.07 Å². The highest BCUT2D eigenvalue weighted by molar-refractivity contribution is 5.89. The van der Waals surface area contributed by atoms with Gasteiger partial charge in [-0.05, 0) is 25.1 Å². The second-order valence-corrected chi connectivity index (χ2v) is 4.47. The molecule has 0 fully saturated rings. The smallest absolute Gasteiger partial charge is 0.411 e. The molecule has 5 nitrogen and oxygen atoms in total. The van der Waals surface area contributed by atoms with Crippen LogP contribution in [0.4, 0.5) is 20.6 Å². The first-order valence-electron chi connectivity index (χ1n) is 6.79. The van der Waals surface area contributed by atoms with Crippen LogP contribution in [0, 0.1) is 5.82 Å². The van der Waals surface area contributed by atoms with Crippen LogP contribution in [0.15, 0.2) is 42.5 Å². The fourth-order valence-corrected chi connectivity index (χ4v) is 1.80. The highest BCUT2D eigenvalue weighted by Crippen LogP contribution is 2.25. The number of nitrogens with two attached hydrogens (primary N) is 1. The van der Waals surface area contributed by atoms with Crippen LogP contribution in [0.5, 0.6) is 5.75 Å². The van der Waals surface area contributed by atoms with Gasteiger partial charge in [0, 0.05) is 11.6 Å². The van der Waals surface area contributed by atoms with E-state index in [2.05, 4.69) is 5.32 Å². The van der Waals surface area contributed by atoms with E-state index in [-0.39, 0.29) is 19.0 Å². The summed E-state index contributed by atoms with van der Waals surface area (Å²) in [6.07, 6.45) is -0.575. The van der Waals surface area contributed by atoms with Crippen molar-refractivity contribution in [3.05, 3.63) is 53.8 Å². The van der Waals surface area contributed by atoms with E-state index < -0.39 is 6.09 Å². The second kappa shape index (κ2) is 7.31. The molecule has 0 atom stereocenters. The lowest BCUT2D eigenvalue weighted by Gasteiger charge is -2.11. The molecule has 2 aromatic carbocycles. The first-order valence-corrected chi connectivity index (χ1v) is 6.79. The highest BCUT2D eigenvalue weighted by Gasteiger charge is 2.07. The Balaban J connectivity index is 2.00. The second-order valence-electron chi connectivity index (χ2n) is 4.47. The fraction of sp³-hybridized carbons (Fsp3) is 0.188. The maximum absolute atomic E-state index is 13.5. The van der Waals surface area contributed by atoms with E-state index in [0.717, 1.165) is 0 Å². The van der Waals surface area contributed by atoms with E-state index in [1.54, 1.807) is 43.3 Å². The fourth-order valence-electron chi connectivity index (χ4n) is 1.80. The van der Waals surface area contributed by atoms with Crippen LogP contribution in [0.3, 0.4) is 0 Å². The van der Waals surface area contributed by atoms with E-state index in [4.69, 9.17) is 15.2 Å². The minimum absolute atomic E-state index is 0.0940. The highest BCUT2D eigenvalue weighted by atomic mass is 19.1. The molecule has 0 aliphatic rings. The van der Waals surface area contributed by atoms with Gasteiger partial charge in [0.1, 0.15) is 18.2 Å². The first-order chi connectivity index (χ1) is 10.6. The molecule has 0 unspecified atom stereocenters. The molecule has 3 N–H and O–H groups in total. The Bertz CT molecular complexity index is 662. The number of hydrogen-bond donors (Lipinski definition) is 2. The number of hydrogen-bond acceptors (Lipinski definition) is 4. The molecule has 116 valence electrons. The van der Waals surface area contributed by atoms with E-state index in [9.17, 15) is 9.18 Å². The normalized spacial score (nSPS) is 10.1. The maximum atomic E-state index is 13.5. The Morgan fingerprint density at radius 2 is 2.05 bits per heavy atom. The van der Waals surface area contributed by atoms with Gasteiger partial charge in [0.2, 0.25) is 0 Å². The summed E-state index contributed by atoms with van der Waals surface area (Å²) in [6.45, 7) is 2.08. The minimum Gasteiger partial charge on any atom is -0.489 e. The number of rotatable bonds is 5. The molecular weight excluding hydrogens is 287 g/mol. The summed E-state index contributed by atoms with van der Waals surface area (Å²) in [5.74, 6) is 0.159. The molecule has 0 aliphatic carbocycles. The van der Waals surface area contributed by atoms with Crippen molar-refractivity contribution in [2.24, 2.45) is 0 Å². The topological polar surface area (TPSA) is 73.6 Å². The molecule has 2 aromatic rings. The van der Waals surface area contributed by atoms with Gasteiger partial charge in [-0.25, -0.2) is 9.18 Å². The quantitative estimate of drug-likeness (QED) is 0.828. The number of amides is 1. The zero-order valence-corrected chi connectivity index (χ0v) is 12.1. The van der Waals surface area contributed by atoms with Gasteiger partial charge in [-0.15, -0.1) is 0 Å². The van der Waals surface area contributed by atoms with Gasteiger partial charge in [-0.2, -0.15) is 0 Å². The largest absolute Gasteiger partial charge is 0.489 e. The van der Waals surface area contributed by atoms with Crippen LogP contribution >= 0.6 is 0 Å². The van der Waals surface area contributed by atoms with Crippen molar-refractivity contribution in [1.82, 2.24) is 0 Å². The summed E-state index contributed by atoms with van der Waals surface area (Å²) in [4.78, 5) is 11.3. The number of ether oxygens (including phenoxy) is 2. The van der Waals surface area contributed by atoms with E-state index in [0.29, 0.717) is 22.7 Å². The molecule has 1 amide bonds. The standard InChI is InChI=1S/C16H17FN2O3/c1-2-21-16(20)19-15-8-7-12(9-14(15)18)22-10-11-5-3-4-6-13(11)17/h3-9H,2,10,18H2,1H3,(H,19,20). The maximum Gasteiger partial charge on any atom is 0.411 e. The number of carbonyl (C=O) groups excluding carboxylic acids is 1. The molecule has 0 aliphatic heterocycles. The molecule has 0 saturated heterocycles. The van der Waals surface area contributed by atoms with Crippen molar-refractivity contribution >= 4 is 17.5 Å². The van der Waals surface area contributed by atoms with Crippen molar-refractivity contribution in [1.29, 1.82) is 0 Å². The third kappa shape index (κ3) is 4.12. The lowest BCUT2D eigenvalue weighted by Crippen LogP contribution is -2.14. The summed E-state index contributed by atoms with van der Waals surface area (Å²) in [5.41, 5.74) is 7.05. The monoisotopic (exact) mass is 304 g/mol. The van der Waals surface area contributed by atoms with Gasteiger partial charge in [-0.3, -0.25) is 5.32 Å². The Labute approximate surface area is 127 Å². The van der Waals surface area contributed by atoms with Crippen LogP contribution in [-0.4, -0.2) is 12.7 Å². The first kappa shape index (κ1) is 15.6. The number of nitrogen functional groups attached to an aromatic ring is 1. The Morgan fingerprint density at radius 3 is 2.73 bits per heavy atom. The zero-order valence-electron chi connectivity index (χ0n) is 12.1. The molecule has 0 aromatic heterocycles. The predicted molar refractivity (Wildman–Crippen MR) is 82.2 cm³/mol. The SMILES string of the molecule is CCOC(=O)Nc1ccc(OCc2ccccc2F)cc1N. The summed E-state index contributed by atoms with van der Waals surface area (Å²) in [6, 6.07) is 11.2. The van der Waals surface area contributed by atoms with Gasteiger partial charge in [0.15, 0.2) is 0 Å². The number of nitrogens with one attached hydrogen (secondary N) is 1. The Kier molecular flexibility index (Phi) is 5.19. The zero-order chi connectivity index (χ0) is 15.9. The molecule has 0 bridgehead atoms. The average molecular weight is 304 g/mol. The van der Waals surface area contributed by atoms with Crippen LogP contribution in [-0.2, 0) is 11.3 Å². The number of anilines is 2.